The lowest BCUT2D eigenvalue weighted by molar-refractivity contribution is 0.573. The topological polar surface area (TPSA) is 53.9 Å². The van der Waals surface area contributed by atoms with Crippen LogP contribution in [0, 0.1) is 0 Å². The van der Waals surface area contributed by atoms with Gasteiger partial charge in [-0.3, -0.25) is 4.98 Å². The van der Waals surface area contributed by atoms with Gasteiger partial charge in [0.1, 0.15) is 11.6 Å². The van der Waals surface area contributed by atoms with Gasteiger partial charge in [0.2, 0.25) is 0 Å². The molecule has 0 aromatic carbocycles. The van der Waals surface area contributed by atoms with E-state index < -0.39 is 0 Å². The van der Waals surface area contributed by atoms with E-state index in [0.29, 0.717) is 0 Å². The first kappa shape index (κ1) is 11.9. The number of pyridine rings is 1. The smallest absolute Gasteiger partial charge is 0.148 e. The highest BCUT2D eigenvalue weighted by Crippen LogP contribution is 2.20. The Balaban J connectivity index is 1.68. The monoisotopic (exact) mass is 255 g/mol. The van der Waals surface area contributed by atoms with Gasteiger partial charge in [-0.2, -0.15) is 0 Å². The summed E-state index contributed by atoms with van der Waals surface area (Å²) in [5.41, 5.74) is 0.932. The van der Waals surface area contributed by atoms with Crippen LogP contribution in [0.2, 0.25) is 0 Å². The zero-order valence-corrected chi connectivity index (χ0v) is 10.8. The van der Waals surface area contributed by atoms with Gasteiger partial charge in [-0.1, -0.05) is 0 Å². The molecule has 0 bridgehead atoms. The van der Waals surface area contributed by atoms with E-state index in [1.807, 2.05) is 12.3 Å². The maximum absolute atomic E-state index is 4.51. The Labute approximate surface area is 112 Å². The second kappa shape index (κ2) is 5.65. The van der Waals surface area contributed by atoms with Crippen LogP contribution in [0.4, 0.5) is 17.3 Å². The van der Waals surface area contributed by atoms with E-state index in [2.05, 4.69) is 31.2 Å². The van der Waals surface area contributed by atoms with Crippen LogP contribution in [0.15, 0.2) is 36.9 Å². The Hall–Kier alpha value is -2.17. The molecule has 0 aliphatic carbocycles. The van der Waals surface area contributed by atoms with Gasteiger partial charge in [0.05, 0.1) is 18.1 Å². The van der Waals surface area contributed by atoms with E-state index in [-0.39, 0.29) is 0 Å². The molecule has 1 aliphatic heterocycles. The standard InChI is InChI=1S/C14H17N5/c1-2-8-19(9-3-1)14-5-4-12(10-17-14)18-13-11-15-6-7-16-13/h4-7,10-11H,1-3,8-9H2,(H,16,18). The van der Waals surface area contributed by atoms with Crippen molar-refractivity contribution in [3.63, 3.8) is 0 Å². The minimum atomic E-state index is 0.732. The Morgan fingerprint density at radius 3 is 2.53 bits per heavy atom. The largest absolute Gasteiger partial charge is 0.357 e. The zero-order valence-electron chi connectivity index (χ0n) is 10.8. The first-order valence-electron chi connectivity index (χ1n) is 6.66. The van der Waals surface area contributed by atoms with E-state index in [0.717, 1.165) is 30.4 Å². The molecule has 19 heavy (non-hydrogen) atoms. The summed E-state index contributed by atoms with van der Waals surface area (Å²) in [6.07, 6.45) is 10.7. The van der Waals surface area contributed by atoms with Gasteiger partial charge in [-0.15, -0.1) is 0 Å². The maximum Gasteiger partial charge on any atom is 0.148 e. The highest BCUT2D eigenvalue weighted by atomic mass is 15.2. The van der Waals surface area contributed by atoms with Gasteiger partial charge >= 0.3 is 0 Å². The van der Waals surface area contributed by atoms with Gasteiger partial charge in [-0.05, 0) is 31.4 Å². The summed E-state index contributed by atoms with van der Waals surface area (Å²) < 4.78 is 0. The highest BCUT2D eigenvalue weighted by Gasteiger charge is 2.11. The molecule has 0 atom stereocenters. The molecule has 3 rings (SSSR count). The summed E-state index contributed by atoms with van der Waals surface area (Å²) in [6, 6.07) is 4.09. The lowest BCUT2D eigenvalue weighted by Crippen LogP contribution is -2.29. The Kier molecular flexibility index (Phi) is 3.54. The van der Waals surface area contributed by atoms with Crippen LogP contribution in [-0.2, 0) is 0 Å². The van der Waals surface area contributed by atoms with E-state index in [9.17, 15) is 0 Å². The molecule has 2 aromatic heterocycles. The molecule has 1 fully saturated rings. The summed E-state index contributed by atoms with van der Waals surface area (Å²) in [5.74, 6) is 1.79. The lowest BCUT2D eigenvalue weighted by Gasteiger charge is -2.27. The van der Waals surface area contributed by atoms with Crippen LogP contribution in [0.3, 0.4) is 0 Å². The normalized spacial score (nSPS) is 15.3. The maximum atomic E-state index is 4.51. The molecule has 1 saturated heterocycles. The predicted octanol–water partition coefficient (Wildman–Crippen LogP) is 2.61. The SMILES string of the molecule is c1cnc(Nc2ccc(N3CCCCC3)nc2)cn1. The third kappa shape index (κ3) is 2.99. The second-order valence-corrected chi connectivity index (χ2v) is 4.67. The average molecular weight is 255 g/mol. The molecular weight excluding hydrogens is 238 g/mol. The zero-order chi connectivity index (χ0) is 12.9. The van der Waals surface area contributed by atoms with Crippen molar-refractivity contribution in [2.24, 2.45) is 0 Å². The number of piperidine rings is 1. The van der Waals surface area contributed by atoms with Gasteiger partial charge < -0.3 is 10.2 Å². The molecule has 0 saturated carbocycles. The molecule has 0 amide bonds. The average Bonchev–Trinajstić information content (AvgIpc) is 2.50. The van der Waals surface area contributed by atoms with Crippen molar-refractivity contribution in [1.82, 2.24) is 15.0 Å². The fraction of sp³-hybridized carbons (Fsp3) is 0.357. The van der Waals surface area contributed by atoms with Crippen molar-refractivity contribution in [2.45, 2.75) is 19.3 Å². The molecule has 3 heterocycles. The molecular formula is C14H17N5. The number of hydrogen-bond donors (Lipinski definition) is 1. The van der Waals surface area contributed by atoms with E-state index in [4.69, 9.17) is 0 Å². The van der Waals surface area contributed by atoms with Crippen LogP contribution < -0.4 is 10.2 Å². The van der Waals surface area contributed by atoms with Crippen LogP contribution in [-0.4, -0.2) is 28.0 Å². The highest BCUT2D eigenvalue weighted by molar-refractivity contribution is 5.56. The van der Waals surface area contributed by atoms with E-state index in [1.54, 1.807) is 18.6 Å². The molecule has 5 nitrogen and oxygen atoms in total. The molecule has 98 valence electrons. The van der Waals surface area contributed by atoms with Crippen LogP contribution in [0.5, 0.6) is 0 Å². The van der Waals surface area contributed by atoms with E-state index >= 15 is 0 Å². The molecule has 2 aromatic rings. The van der Waals surface area contributed by atoms with Crippen LogP contribution in [0.1, 0.15) is 19.3 Å². The van der Waals surface area contributed by atoms with Crippen molar-refractivity contribution >= 4 is 17.3 Å². The predicted molar refractivity (Wildman–Crippen MR) is 75.6 cm³/mol. The summed E-state index contributed by atoms with van der Waals surface area (Å²) in [6.45, 7) is 2.23. The molecule has 1 N–H and O–H groups in total. The first-order chi connectivity index (χ1) is 9.42. The summed E-state index contributed by atoms with van der Waals surface area (Å²) in [5, 5.41) is 3.18. The fourth-order valence-electron chi connectivity index (χ4n) is 2.28. The van der Waals surface area contributed by atoms with Gasteiger partial charge in [0.25, 0.3) is 0 Å². The molecule has 0 spiro atoms. The number of nitrogens with one attached hydrogen (secondary N) is 1. The first-order valence-corrected chi connectivity index (χ1v) is 6.66. The lowest BCUT2D eigenvalue weighted by atomic mass is 10.1. The van der Waals surface area contributed by atoms with Gasteiger partial charge in [-0.25, -0.2) is 9.97 Å². The Morgan fingerprint density at radius 1 is 0.947 bits per heavy atom. The summed E-state index contributed by atoms with van der Waals surface area (Å²) >= 11 is 0. The van der Waals surface area contributed by atoms with Crippen molar-refractivity contribution < 1.29 is 0 Å². The Morgan fingerprint density at radius 2 is 1.84 bits per heavy atom. The third-order valence-corrected chi connectivity index (χ3v) is 3.26. The van der Waals surface area contributed by atoms with Crippen molar-refractivity contribution in [3.05, 3.63) is 36.9 Å². The number of rotatable bonds is 3. The molecule has 0 unspecified atom stereocenters. The van der Waals surface area contributed by atoms with Gasteiger partial charge in [0, 0.05) is 25.5 Å². The van der Waals surface area contributed by atoms with Gasteiger partial charge in [0.15, 0.2) is 0 Å². The van der Waals surface area contributed by atoms with E-state index in [1.165, 1.54) is 19.3 Å². The van der Waals surface area contributed by atoms with Crippen molar-refractivity contribution in [1.29, 1.82) is 0 Å². The fourth-order valence-corrected chi connectivity index (χ4v) is 2.28. The number of hydrogen-bond acceptors (Lipinski definition) is 5. The molecule has 5 heteroatoms. The number of nitrogens with zero attached hydrogens (tertiary/aromatic N) is 4. The second-order valence-electron chi connectivity index (χ2n) is 4.67. The van der Waals surface area contributed by atoms with Crippen LogP contribution in [0.25, 0.3) is 0 Å². The minimum Gasteiger partial charge on any atom is -0.357 e. The third-order valence-electron chi connectivity index (χ3n) is 3.26. The number of aromatic nitrogens is 3. The molecule has 0 radical (unpaired) electrons. The summed E-state index contributed by atoms with van der Waals surface area (Å²) in [7, 11) is 0. The van der Waals surface area contributed by atoms with Crippen molar-refractivity contribution in [3.8, 4) is 0 Å². The Bertz CT molecular complexity index is 505. The van der Waals surface area contributed by atoms with Crippen LogP contribution >= 0.6 is 0 Å². The summed E-state index contributed by atoms with van der Waals surface area (Å²) in [4.78, 5) is 15.0. The molecule has 1 aliphatic rings. The minimum absolute atomic E-state index is 0.732. The van der Waals surface area contributed by atoms with Crippen molar-refractivity contribution in [2.75, 3.05) is 23.3 Å². The quantitative estimate of drug-likeness (QED) is 0.913. The number of anilines is 3.